The smallest absolute Gasteiger partial charge is 0.293 e. The first-order valence-corrected chi connectivity index (χ1v) is 4.68. The van der Waals surface area contributed by atoms with Crippen molar-refractivity contribution < 1.29 is 9.53 Å². The summed E-state index contributed by atoms with van der Waals surface area (Å²) in [6.45, 7) is 2.66. The molecule has 2 rings (SSSR count). The van der Waals surface area contributed by atoms with E-state index in [4.69, 9.17) is 0 Å². The highest BCUT2D eigenvalue weighted by molar-refractivity contribution is 5.36. The van der Waals surface area contributed by atoms with E-state index in [1.54, 1.807) is 13.3 Å². The van der Waals surface area contributed by atoms with Gasteiger partial charge < -0.3 is 4.74 Å². The van der Waals surface area contributed by atoms with Crippen LogP contribution in [-0.4, -0.2) is 23.0 Å². The molecule has 0 amide bonds. The average molecular weight is 194 g/mol. The molecule has 0 saturated heterocycles. The maximum absolute atomic E-state index is 9.18. The zero-order valence-corrected chi connectivity index (χ0v) is 8.22. The van der Waals surface area contributed by atoms with Gasteiger partial charge >= 0.3 is 0 Å². The molecular formula is C10H14N2O2. The zero-order valence-electron chi connectivity index (χ0n) is 8.22. The van der Waals surface area contributed by atoms with E-state index in [0.29, 0.717) is 13.1 Å². The minimum Gasteiger partial charge on any atom is -0.468 e. The summed E-state index contributed by atoms with van der Waals surface area (Å²) in [6, 6.07) is 0. The third-order valence-electron chi connectivity index (χ3n) is 1.86. The summed E-state index contributed by atoms with van der Waals surface area (Å²) in [4.78, 5) is 17.1. The predicted octanol–water partition coefficient (Wildman–Crippen LogP) is 1.53. The molecule has 0 N–H and O–H groups in total. The summed E-state index contributed by atoms with van der Waals surface area (Å²) in [7, 11) is 0. The lowest BCUT2D eigenvalue weighted by Crippen LogP contribution is -1.81. The summed E-state index contributed by atoms with van der Waals surface area (Å²) >= 11 is 0. The third kappa shape index (κ3) is 3.98. The van der Waals surface area contributed by atoms with Crippen molar-refractivity contribution in [1.29, 1.82) is 0 Å². The first kappa shape index (κ1) is 10.6. The topological polar surface area (TPSA) is 52.1 Å². The minimum atomic E-state index is 0.431. The van der Waals surface area contributed by atoms with Crippen LogP contribution in [0.1, 0.15) is 31.2 Å². The highest BCUT2D eigenvalue weighted by Crippen LogP contribution is 2.38. The molecule has 1 fully saturated rings. The van der Waals surface area contributed by atoms with Crippen molar-refractivity contribution in [2.45, 2.75) is 25.7 Å². The maximum atomic E-state index is 9.18. The van der Waals surface area contributed by atoms with E-state index in [0.717, 1.165) is 5.92 Å². The fourth-order valence-electron chi connectivity index (χ4n) is 1.01. The van der Waals surface area contributed by atoms with E-state index in [9.17, 15) is 4.79 Å². The van der Waals surface area contributed by atoms with Crippen LogP contribution >= 0.6 is 0 Å². The molecule has 76 valence electrons. The Hall–Kier alpha value is -1.45. The predicted molar refractivity (Wildman–Crippen MR) is 51.7 cm³/mol. The van der Waals surface area contributed by atoms with Crippen molar-refractivity contribution in [3.05, 3.63) is 24.3 Å². The van der Waals surface area contributed by atoms with Crippen molar-refractivity contribution in [2.75, 3.05) is 6.61 Å². The third-order valence-corrected chi connectivity index (χ3v) is 1.86. The molecule has 14 heavy (non-hydrogen) atoms. The van der Waals surface area contributed by atoms with Crippen molar-refractivity contribution in [2.24, 2.45) is 0 Å². The SMILES string of the molecule is CCOC=O.c1ncc(C2CC2)cn1. The molecule has 1 saturated carbocycles. The maximum Gasteiger partial charge on any atom is 0.293 e. The van der Waals surface area contributed by atoms with Gasteiger partial charge in [-0.1, -0.05) is 0 Å². The van der Waals surface area contributed by atoms with Crippen LogP contribution in [0.3, 0.4) is 0 Å². The van der Waals surface area contributed by atoms with Gasteiger partial charge in [-0.3, -0.25) is 4.79 Å². The lowest BCUT2D eigenvalue weighted by molar-refractivity contribution is -0.128. The zero-order chi connectivity index (χ0) is 10.2. The van der Waals surface area contributed by atoms with Crippen molar-refractivity contribution >= 4 is 6.47 Å². The van der Waals surface area contributed by atoms with Crippen LogP contribution < -0.4 is 0 Å². The number of nitrogens with zero attached hydrogens (tertiary/aromatic N) is 2. The molecule has 4 heteroatoms. The van der Waals surface area contributed by atoms with Crippen molar-refractivity contribution in [3.63, 3.8) is 0 Å². The Bertz CT molecular complexity index is 260. The Morgan fingerprint density at radius 3 is 2.50 bits per heavy atom. The number of ether oxygens (including phenoxy) is 1. The second kappa shape index (κ2) is 6.07. The first-order valence-electron chi connectivity index (χ1n) is 4.68. The highest BCUT2D eigenvalue weighted by Gasteiger charge is 2.23. The summed E-state index contributed by atoms with van der Waals surface area (Å²) < 4.78 is 4.15. The Morgan fingerprint density at radius 1 is 1.50 bits per heavy atom. The van der Waals surface area contributed by atoms with Crippen LogP contribution in [0.5, 0.6) is 0 Å². The van der Waals surface area contributed by atoms with Crippen molar-refractivity contribution in [1.82, 2.24) is 9.97 Å². The van der Waals surface area contributed by atoms with Gasteiger partial charge in [-0.15, -0.1) is 0 Å². The second-order valence-corrected chi connectivity index (χ2v) is 3.00. The molecule has 0 unspecified atom stereocenters. The average Bonchev–Trinajstić information content (AvgIpc) is 3.05. The van der Waals surface area contributed by atoms with Crippen molar-refractivity contribution in [3.8, 4) is 0 Å². The first-order chi connectivity index (χ1) is 6.88. The van der Waals surface area contributed by atoms with E-state index in [1.807, 2.05) is 12.4 Å². The molecule has 0 atom stereocenters. The van der Waals surface area contributed by atoms with E-state index in [1.165, 1.54) is 18.4 Å². The minimum absolute atomic E-state index is 0.431. The molecule has 1 aromatic heterocycles. The molecular weight excluding hydrogens is 180 g/mol. The largest absolute Gasteiger partial charge is 0.468 e. The Kier molecular flexibility index (Phi) is 4.61. The normalized spacial score (nSPS) is 13.8. The van der Waals surface area contributed by atoms with Crippen LogP contribution in [0.15, 0.2) is 18.7 Å². The molecule has 1 heterocycles. The lowest BCUT2D eigenvalue weighted by atomic mass is 10.2. The second-order valence-electron chi connectivity index (χ2n) is 3.00. The summed E-state index contributed by atoms with van der Waals surface area (Å²) in [6.07, 6.45) is 8.04. The number of hydrogen-bond donors (Lipinski definition) is 0. The molecule has 1 aliphatic rings. The van der Waals surface area contributed by atoms with Gasteiger partial charge in [0.1, 0.15) is 6.33 Å². The fourth-order valence-corrected chi connectivity index (χ4v) is 1.01. The van der Waals surface area contributed by atoms with Gasteiger partial charge in [0.25, 0.3) is 6.47 Å². The standard InChI is InChI=1S/C7H8N2.C3H6O2/c1-2-6(1)7-3-8-5-9-4-7;1-2-5-3-4/h3-6H,1-2H2;3H,2H2,1H3. The Labute approximate surface area is 83.3 Å². The Balaban J connectivity index is 0.000000171. The number of carbonyl (C=O) groups excluding carboxylic acids is 1. The van der Waals surface area contributed by atoms with Gasteiger partial charge in [-0.2, -0.15) is 0 Å². The number of rotatable bonds is 3. The van der Waals surface area contributed by atoms with E-state index < -0.39 is 0 Å². The van der Waals surface area contributed by atoms with Gasteiger partial charge in [0.2, 0.25) is 0 Å². The van der Waals surface area contributed by atoms with Gasteiger partial charge in [-0.05, 0) is 31.2 Å². The lowest BCUT2D eigenvalue weighted by Gasteiger charge is -1.90. The summed E-state index contributed by atoms with van der Waals surface area (Å²) in [5, 5.41) is 0. The van der Waals surface area contributed by atoms with E-state index in [2.05, 4.69) is 14.7 Å². The highest BCUT2D eigenvalue weighted by atomic mass is 16.5. The molecule has 0 radical (unpaired) electrons. The summed E-state index contributed by atoms with van der Waals surface area (Å²) in [5.41, 5.74) is 1.30. The van der Waals surface area contributed by atoms with Gasteiger partial charge in [-0.25, -0.2) is 9.97 Å². The number of hydrogen-bond acceptors (Lipinski definition) is 4. The van der Waals surface area contributed by atoms with Crippen LogP contribution in [-0.2, 0) is 9.53 Å². The Morgan fingerprint density at radius 2 is 2.14 bits per heavy atom. The molecule has 0 spiro atoms. The summed E-state index contributed by atoms with van der Waals surface area (Å²) in [5.74, 6) is 0.784. The molecule has 4 nitrogen and oxygen atoms in total. The van der Waals surface area contributed by atoms with Crippen LogP contribution in [0, 0.1) is 0 Å². The monoisotopic (exact) mass is 194 g/mol. The van der Waals surface area contributed by atoms with Gasteiger partial charge in [0.15, 0.2) is 0 Å². The number of aromatic nitrogens is 2. The van der Waals surface area contributed by atoms with Gasteiger partial charge in [0.05, 0.1) is 6.61 Å². The quantitative estimate of drug-likeness (QED) is 0.685. The molecule has 1 aromatic rings. The van der Waals surface area contributed by atoms with Gasteiger partial charge in [0, 0.05) is 12.4 Å². The number of carbonyl (C=O) groups is 1. The van der Waals surface area contributed by atoms with E-state index in [-0.39, 0.29) is 0 Å². The van der Waals surface area contributed by atoms with Crippen LogP contribution in [0.2, 0.25) is 0 Å². The fraction of sp³-hybridized carbons (Fsp3) is 0.500. The molecule has 0 aliphatic heterocycles. The molecule has 1 aliphatic carbocycles. The van der Waals surface area contributed by atoms with E-state index >= 15 is 0 Å². The van der Waals surface area contributed by atoms with Crippen LogP contribution in [0.4, 0.5) is 0 Å². The van der Waals surface area contributed by atoms with Crippen LogP contribution in [0.25, 0.3) is 0 Å². The molecule has 0 aromatic carbocycles. The molecule has 0 bridgehead atoms.